The van der Waals surface area contributed by atoms with E-state index in [-0.39, 0.29) is 5.60 Å². The van der Waals surface area contributed by atoms with Crippen LogP contribution in [0.1, 0.15) is 38.3 Å². The van der Waals surface area contributed by atoms with Crippen LogP contribution in [-0.2, 0) is 12.1 Å². The van der Waals surface area contributed by atoms with Crippen molar-refractivity contribution in [3.05, 3.63) is 59.7 Å². The number of nitrogens with two attached hydrogens (primary N) is 1. The standard InChI is InChI=1S/C19H23NO2/c1-18(2)13-19(3,20)16-11-15(9-10-17(16)22-18)21-12-14-7-5-4-6-8-14/h4-11H,12-13,20H2,1-3H3. The summed E-state index contributed by atoms with van der Waals surface area (Å²) in [6, 6.07) is 16.0. The van der Waals surface area contributed by atoms with Crippen LogP contribution in [0.2, 0.25) is 0 Å². The summed E-state index contributed by atoms with van der Waals surface area (Å²) in [7, 11) is 0. The molecule has 2 N–H and O–H groups in total. The van der Waals surface area contributed by atoms with Crippen LogP contribution in [0, 0.1) is 0 Å². The topological polar surface area (TPSA) is 44.5 Å². The van der Waals surface area contributed by atoms with Gasteiger partial charge in [-0.3, -0.25) is 0 Å². The number of benzene rings is 2. The van der Waals surface area contributed by atoms with E-state index < -0.39 is 5.54 Å². The SMILES string of the molecule is CC1(C)CC(C)(N)c2cc(OCc3ccccc3)ccc2O1. The first-order valence-electron chi connectivity index (χ1n) is 7.65. The van der Waals surface area contributed by atoms with Gasteiger partial charge >= 0.3 is 0 Å². The minimum atomic E-state index is -0.413. The highest BCUT2D eigenvalue weighted by Gasteiger charge is 2.39. The van der Waals surface area contributed by atoms with Crippen molar-refractivity contribution in [1.29, 1.82) is 0 Å². The summed E-state index contributed by atoms with van der Waals surface area (Å²) in [6.45, 7) is 6.74. The van der Waals surface area contributed by atoms with Crippen LogP contribution in [0.3, 0.4) is 0 Å². The van der Waals surface area contributed by atoms with Gasteiger partial charge in [-0.15, -0.1) is 0 Å². The fourth-order valence-electron chi connectivity index (χ4n) is 3.19. The largest absolute Gasteiger partial charge is 0.489 e. The maximum atomic E-state index is 6.51. The van der Waals surface area contributed by atoms with Gasteiger partial charge in [-0.1, -0.05) is 30.3 Å². The molecular formula is C19H23NO2. The van der Waals surface area contributed by atoms with Gasteiger partial charge in [-0.2, -0.15) is 0 Å². The molecule has 1 atom stereocenters. The van der Waals surface area contributed by atoms with E-state index in [2.05, 4.69) is 32.9 Å². The molecule has 3 nitrogen and oxygen atoms in total. The molecule has 0 bridgehead atoms. The lowest BCUT2D eigenvalue weighted by atomic mass is 9.80. The fourth-order valence-corrected chi connectivity index (χ4v) is 3.19. The van der Waals surface area contributed by atoms with Crippen molar-refractivity contribution >= 4 is 0 Å². The molecule has 3 heteroatoms. The number of hydrogen-bond donors (Lipinski definition) is 1. The lowest BCUT2D eigenvalue weighted by Crippen LogP contribution is -2.47. The Balaban J connectivity index is 1.82. The van der Waals surface area contributed by atoms with Gasteiger partial charge in [-0.05, 0) is 44.5 Å². The minimum absolute atomic E-state index is 0.247. The quantitative estimate of drug-likeness (QED) is 0.931. The molecule has 2 aromatic rings. The molecule has 1 heterocycles. The van der Waals surface area contributed by atoms with Crippen LogP contribution in [0.5, 0.6) is 11.5 Å². The van der Waals surface area contributed by atoms with Crippen molar-refractivity contribution in [3.8, 4) is 11.5 Å². The van der Waals surface area contributed by atoms with E-state index >= 15 is 0 Å². The molecule has 0 amide bonds. The first kappa shape index (κ1) is 14.9. The normalized spacial score (nSPS) is 22.5. The second-order valence-corrected chi connectivity index (χ2v) is 6.89. The molecule has 2 aromatic carbocycles. The smallest absolute Gasteiger partial charge is 0.125 e. The molecule has 3 rings (SSSR count). The predicted octanol–water partition coefficient (Wildman–Crippen LogP) is 4.00. The van der Waals surface area contributed by atoms with E-state index in [9.17, 15) is 0 Å². The van der Waals surface area contributed by atoms with Gasteiger partial charge < -0.3 is 15.2 Å². The highest BCUT2D eigenvalue weighted by molar-refractivity contribution is 5.46. The van der Waals surface area contributed by atoms with E-state index in [4.69, 9.17) is 15.2 Å². The average molecular weight is 297 g/mol. The van der Waals surface area contributed by atoms with Crippen LogP contribution >= 0.6 is 0 Å². The van der Waals surface area contributed by atoms with E-state index in [1.165, 1.54) is 0 Å². The van der Waals surface area contributed by atoms with Gasteiger partial charge in [0, 0.05) is 17.5 Å². The van der Waals surface area contributed by atoms with Crippen LogP contribution in [-0.4, -0.2) is 5.60 Å². The van der Waals surface area contributed by atoms with Crippen LogP contribution in [0.15, 0.2) is 48.5 Å². The molecule has 0 aliphatic carbocycles. The summed E-state index contributed by atoms with van der Waals surface area (Å²) >= 11 is 0. The van der Waals surface area contributed by atoms with Crippen molar-refractivity contribution in [2.24, 2.45) is 5.73 Å². The molecule has 0 aromatic heterocycles. The number of rotatable bonds is 3. The summed E-state index contributed by atoms with van der Waals surface area (Å²) in [4.78, 5) is 0. The second-order valence-electron chi connectivity index (χ2n) is 6.89. The summed E-state index contributed by atoms with van der Waals surface area (Å²) < 4.78 is 11.9. The zero-order valence-corrected chi connectivity index (χ0v) is 13.4. The van der Waals surface area contributed by atoms with Gasteiger partial charge in [0.2, 0.25) is 0 Å². The van der Waals surface area contributed by atoms with Crippen LogP contribution < -0.4 is 15.2 Å². The summed E-state index contributed by atoms with van der Waals surface area (Å²) in [5.41, 5.74) is 8.00. The molecule has 1 aliphatic heterocycles. The number of fused-ring (bicyclic) bond motifs is 1. The van der Waals surface area contributed by atoms with Crippen LogP contribution in [0.25, 0.3) is 0 Å². The molecule has 0 spiro atoms. The second kappa shape index (κ2) is 5.33. The predicted molar refractivity (Wildman–Crippen MR) is 88.1 cm³/mol. The first-order chi connectivity index (χ1) is 10.4. The van der Waals surface area contributed by atoms with Crippen molar-refractivity contribution < 1.29 is 9.47 Å². The number of ether oxygens (including phenoxy) is 2. The zero-order chi connectivity index (χ0) is 15.8. The van der Waals surface area contributed by atoms with Crippen LogP contribution in [0.4, 0.5) is 0 Å². The molecule has 116 valence electrons. The van der Waals surface area contributed by atoms with Gasteiger partial charge in [0.25, 0.3) is 0 Å². The summed E-state index contributed by atoms with van der Waals surface area (Å²) in [5.74, 6) is 1.68. The molecule has 1 aliphatic rings. The Bertz CT molecular complexity index is 662. The van der Waals surface area contributed by atoms with E-state index in [1.54, 1.807) is 0 Å². The van der Waals surface area contributed by atoms with Crippen molar-refractivity contribution in [2.45, 2.75) is 44.9 Å². The highest BCUT2D eigenvalue weighted by Crippen LogP contribution is 2.43. The van der Waals surface area contributed by atoms with E-state index in [0.717, 1.165) is 29.0 Å². The minimum Gasteiger partial charge on any atom is -0.489 e. The lowest BCUT2D eigenvalue weighted by molar-refractivity contribution is 0.0500. The maximum Gasteiger partial charge on any atom is 0.125 e. The molecule has 1 unspecified atom stereocenters. The Morgan fingerprint density at radius 3 is 2.55 bits per heavy atom. The summed E-state index contributed by atoms with van der Waals surface area (Å²) in [5, 5.41) is 0. The van der Waals surface area contributed by atoms with Gasteiger partial charge in [-0.25, -0.2) is 0 Å². The third kappa shape index (κ3) is 3.09. The third-order valence-corrected chi connectivity index (χ3v) is 3.99. The van der Waals surface area contributed by atoms with E-state index in [1.807, 2.05) is 36.4 Å². The van der Waals surface area contributed by atoms with E-state index in [0.29, 0.717) is 6.61 Å². The molecular weight excluding hydrogens is 274 g/mol. The molecule has 0 saturated heterocycles. The third-order valence-electron chi connectivity index (χ3n) is 3.99. The van der Waals surface area contributed by atoms with Crippen molar-refractivity contribution in [1.82, 2.24) is 0 Å². The Hall–Kier alpha value is -2.00. The Morgan fingerprint density at radius 1 is 1.09 bits per heavy atom. The Kier molecular flexibility index (Phi) is 3.61. The summed E-state index contributed by atoms with van der Waals surface area (Å²) in [6.07, 6.45) is 0.773. The first-order valence-corrected chi connectivity index (χ1v) is 7.65. The molecule has 0 radical (unpaired) electrons. The Labute approximate surface area is 132 Å². The lowest BCUT2D eigenvalue weighted by Gasteiger charge is -2.42. The van der Waals surface area contributed by atoms with Crippen molar-refractivity contribution in [3.63, 3.8) is 0 Å². The van der Waals surface area contributed by atoms with Gasteiger partial charge in [0.15, 0.2) is 0 Å². The highest BCUT2D eigenvalue weighted by atomic mass is 16.5. The number of hydrogen-bond acceptors (Lipinski definition) is 3. The average Bonchev–Trinajstić information content (AvgIpc) is 2.44. The molecule has 0 fully saturated rings. The maximum absolute atomic E-state index is 6.51. The fraction of sp³-hybridized carbons (Fsp3) is 0.368. The Morgan fingerprint density at radius 2 is 1.82 bits per heavy atom. The zero-order valence-electron chi connectivity index (χ0n) is 13.4. The molecule has 22 heavy (non-hydrogen) atoms. The van der Waals surface area contributed by atoms with Gasteiger partial charge in [0.1, 0.15) is 23.7 Å². The monoisotopic (exact) mass is 297 g/mol. The van der Waals surface area contributed by atoms with Gasteiger partial charge in [0.05, 0.1) is 0 Å². The molecule has 0 saturated carbocycles. The van der Waals surface area contributed by atoms with Crippen molar-refractivity contribution in [2.75, 3.05) is 0 Å².